The van der Waals surface area contributed by atoms with Crippen LogP contribution in [0.1, 0.15) is 31.7 Å². The number of hydrogen-bond acceptors (Lipinski definition) is 6. The minimum absolute atomic E-state index is 0.158. The molecule has 0 spiro atoms. The molecule has 1 aliphatic heterocycles. The summed E-state index contributed by atoms with van der Waals surface area (Å²) in [5, 5.41) is 13.4. The Morgan fingerprint density at radius 2 is 1.85 bits per heavy atom. The topological polar surface area (TPSA) is 72.9 Å². The molecule has 34 heavy (non-hydrogen) atoms. The Kier molecular flexibility index (Phi) is 6.96. The number of hydrogen-bond donors (Lipinski definition) is 2. The second-order valence-corrected chi connectivity index (χ2v) is 11.5. The van der Waals surface area contributed by atoms with Gasteiger partial charge >= 0.3 is 6.18 Å². The molecule has 0 aromatic heterocycles. The van der Waals surface area contributed by atoms with Crippen LogP contribution in [0.25, 0.3) is 0 Å². The van der Waals surface area contributed by atoms with E-state index in [1.54, 1.807) is 18.2 Å². The summed E-state index contributed by atoms with van der Waals surface area (Å²) in [6.45, 7) is 2.11. The maximum absolute atomic E-state index is 13.3. The van der Waals surface area contributed by atoms with Crippen molar-refractivity contribution in [3.05, 3.63) is 53.0 Å². The van der Waals surface area contributed by atoms with Crippen molar-refractivity contribution in [2.24, 2.45) is 0 Å². The lowest BCUT2D eigenvalue weighted by Crippen LogP contribution is -2.58. The van der Waals surface area contributed by atoms with Crippen LogP contribution in [0.3, 0.4) is 0 Å². The first kappa shape index (κ1) is 25.3. The summed E-state index contributed by atoms with van der Waals surface area (Å²) in [5.41, 5.74) is -2.52. The van der Waals surface area contributed by atoms with Gasteiger partial charge < -0.3 is 15.3 Å². The lowest BCUT2D eigenvalue weighted by Gasteiger charge is -2.43. The minimum atomic E-state index is -4.80. The fraction of sp³-hybridized carbons (Fsp3) is 0.522. The highest BCUT2D eigenvalue weighted by atomic mass is 32.2. The summed E-state index contributed by atoms with van der Waals surface area (Å²) >= 11 is 5.29. The summed E-state index contributed by atoms with van der Waals surface area (Å²) in [6.07, 6.45) is 2.82. The average molecular weight is 516 g/mol. The molecule has 1 saturated heterocycles. The Morgan fingerprint density at radius 3 is 2.44 bits per heavy atom. The Labute approximate surface area is 203 Å². The van der Waals surface area contributed by atoms with E-state index in [9.17, 15) is 26.7 Å². The maximum Gasteiger partial charge on any atom is 0.421 e. The van der Waals surface area contributed by atoms with Gasteiger partial charge in [-0.2, -0.15) is 17.5 Å². The van der Waals surface area contributed by atoms with Crippen molar-refractivity contribution in [3.8, 4) is 0 Å². The van der Waals surface area contributed by atoms with Crippen LogP contribution in [0.2, 0.25) is 0 Å². The molecule has 4 rings (SSSR count). The Hall–Kier alpha value is -1.79. The van der Waals surface area contributed by atoms with Gasteiger partial charge in [0.05, 0.1) is 10.9 Å². The van der Waals surface area contributed by atoms with Crippen LogP contribution >= 0.6 is 12.2 Å². The lowest BCUT2D eigenvalue weighted by atomic mass is 9.95. The van der Waals surface area contributed by atoms with Gasteiger partial charge in [-0.25, -0.2) is 8.42 Å². The standard InChI is InChI=1S/C23H28F3N3O3S2/c1-22(30,23(24,25)26)16-6-10-18(11-7-16)29-13-12-28(15-19(29)14-27-17-8-9-17)34(31,32)21-5-3-2-4-20(21)33/h2-3,5-7,10-11,17,19,27,30H,4,8-9,12-15H2,1H3/t19-,22-/m0/s1. The third-order valence-corrected chi connectivity index (χ3v) is 9.02. The molecule has 1 heterocycles. The number of halogens is 3. The largest absolute Gasteiger partial charge is 0.421 e. The molecule has 186 valence electrons. The van der Waals surface area contributed by atoms with Crippen LogP contribution in [0.5, 0.6) is 0 Å². The number of aliphatic hydroxyl groups is 1. The smallest absolute Gasteiger partial charge is 0.376 e. The number of anilines is 1. The molecule has 2 aliphatic carbocycles. The van der Waals surface area contributed by atoms with Crippen molar-refractivity contribution in [1.29, 1.82) is 0 Å². The summed E-state index contributed by atoms with van der Waals surface area (Å²) in [4.78, 5) is 2.57. The van der Waals surface area contributed by atoms with Crippen LogP contribution in [0.15, 0.2) is 47.4 Å². The number of allylic oxidation sites excluding steroid dienone is 4. The average Bonchev–Trinajstić information content (AvgIpc) is 3.61. The van der Waals surface area contributed by atoms with E-state index in [2.05, 4.69) is 5.32 Å². The van der Waals surface area contributed by atoms with Crippen molar-refractivity contribution < 1.29 is 26.7 Å². The molecule has 2 N–H and O–H groups in total. The van der Waals surface area contributed by atoms with Crippen LogP contribution in [-0.2, 0) is 15.6 Å². The Balaban J connectivity index is 1.56. The molecule has 1 aromatic carbocycles. The fourth-order valence-corrected chi connectivity index (χ4v) is 6.25. The SMILES string of the molecule is C[C@](O)(c1ccc(N2CCN(S(=O)(=O)C3=CC=CCC3=S)C[C@@H]2CNC2CC2)cc1)C(F)(F)F. The molecule has 0 radical (unpaired) electrons. The van der Waals surface area contributed by atoms with Gasteiger partial charge in [-0.15, -0.1) is 0 Å². The summed E-state index contributed by atoms with van der Waals surface area (Å²) in [6, 6.07) is 5.84. The van der Waals surface area contributed by atoms with Crippen molar-refractivity contribution in [2.75, 3.05) is 31.1 Å². The number of alkyl halides is 3. The van der Waals surface area contributed by atoms with Crippen LogP contribution < -0.4 is 10.2 Å². The Morgan fingerprint density at radius 1 is 1.18 bits per heavy atom. The number of benzene rings is 1. The molecule has 6 nitrogen and oxygen atoms in total. The van der Waals surface area contributed by atoms with Crippen LogP contribution in [0, 0.1) is 0 Å². The monoisotopic (exact) mass is 515 g/mol. The van der Waals surface area contributed by atoms with Gasteiger partial charge in [0, 0.05) is 49.2 Å². The van der Waals surface area contributed by atoms with E-state index >= 15 is 0 Å². The van der Waals surface area contributed by atoms with Gasteiger partial charge in [-0.1, -0.05) is 36.5 Å². The van der Waals surface area contributed by atoms with Gasteiger partial charge in [-0.05, 0) is 43.5 Å². The molecule has 1 aromatic rings. The Bertz CT molecular complexity index is 1090. The van der Waals surface area contributed by atoms with Crippen LogP contribution in [0.4, 0.5) is 18.9 Å². The molecule has 11 heteroatoms. The van der Waals surface area contributed by atoms with Gasteiger partial charge in [-0.3, -0.25) is 0 Å². The lowest BCUT2D eigenvalue weighted by molar-refractivity contribution is -0.258. The normalized spacial score (nSPS) is 24.1. The van der Waals surface area contributed by atoms with Crippen molar-refractivity contribution in [2.45, 2.75) is 50.0 Å². The third-order valence-electron chi connectivity index (χ3n) is 6.56. The molecular weight excluding hydrogens is 487 g/mol. The second-order valence-electron chi connectivity index (χ2n) is 9.10. The van der Waals surface area contributed by atoms with Crippen LogP contribution in [-0.4, -0.2) is 67.1 Å². The molecule has 3 aliphatic rings. The number of thiocarbonyl (C=S) groups is 1. The molecule has 2 fully saturated rings. The van der Waals surface area contributed by atoms with Gasteiger partial charge in [0.2, 0.25) is 10.0 Å². The maximum atomic E-state index is 13.3. The fourth-order valence-electron chi connectivity index (χ4n) is 4.18. The highest BCUT2D eigenvalue weighted by Crippen LogP contribution is 2.39. The summed E-state index contributed by atoms with van der Waals surface area (Å²) in [7, 11) is -3.75. The van der Waals surface area contributed by atoms with E-state index in [0.717, 1.165) is 19.8 Å². The molecule has 2 atom stereocenters. The first-order valence-corrected chi connectivity index (χ1v) is 13.1. The molecule has 1 saturated carbocycles. The molecule has 0 amide bonds. The predicted octanol–water partition coefficient (Wildman–Crippen LogP) is 3.24. The highest BCUT2D eigenvalue weighted by Gasteiger charge is 2.51. The molecular formula is C23H28F3N3O3S2. The van der Waals surface area contributed by atoms with E-state index < -0.39 is 21.8 Å². The van der Waals surface area contributed by atoms with Crippen molar-refractivity contribution in [3.63, 3.8) is 0 Å². The predicted molar refractivity (Wildman–Crippen MR) is 129 cm³/mol. The first-order chi connectivity index (χ1) is 15.9. The number of nitrogens with zero attached hydrogens (tertiary/aromatic N) is 2. The third kappa shape index (κ3) is 5.08. The van der Waals surface area contributed by atoms with E-state index in [0.29, 0.717) is 36.1 Å². The molecule has 0 unspecified atom stereocenters. The zero-order valence-corrected chi connectivity index (χ0v) is 20.4. The van der Waals surface area contributed by atoms with E-state index in [-0.39, 0.29) is 29.6 Å². The number of rotatable bonds is 7. The summed E-state index contributed by atoms with van der Waals surface area (Å²) in [5.74, 6) is 0. The van der Waals surface area contributed by atoms with E-state index in [1.165, 1.54) is 22.5 Å². The molecule has 0 bridgehead atoms. The van der Waals surface area contributed by atoms with Crippen molar-refractivity contribution >= 4 is 32.8 Å². The summed E-state index contributed by atoms with van der Waals surface area (Å²) < 4.78 is 67.7. The second kappa shape index (κ2) is 9.34. The van der Waals surface area contributed by atoms with Gasteiger partial charge in [0.1, 0.15) is 0 Å². The zero-order valence-electron chi connectivity index (χ0n) is 18.8. The minimum Gasteiger partial charge on any atom is -0.376 e. The van der Waals surface area contributed by atoms with Gasteiger partial charge in [0.25, 0.3) is 0 Å². The highest BCUT2D eigenvalue weighted by molar-refractivity contribution is 7.96. The number of sulfonamides is 1. The zero-order chi connectivity index (χ0) is 24.7. The van der Waals surface area contributed by atoms with Gasteiger partial charge in [0.15, 0.2) is 5.60 Å². The van der Waals surface area contributed by atoms with Crippen molar-refractivity contribution in [1.82, 2.24) is 9.62 Å². The van der Waals surface area contributed by atoms with E-state index in [1.807, 2.05) is 11.0 Å². The number of piperazine rings is 1. The van der Waals surface area contributed by atoms with E-state index in [4.69, 9.17) is 12.2 Å². The first-order valence-electron chi connectivity index (χ1n) is 11.2. The quantitative estimate of drug-likeness (QED) is 0.544. The number of nitrogens with one attached hydrogen (secondary N) is 1.